The minimum atomic E-state index is 0.596. The van der Waals surface area contributed by atoms with E-state index in [1.165, 1.54) is 16.6 Å². The number of para-hydroxylation sites is 2. The van der Waals surface area contributed by atoms with Gasteiger partial charge in [-0.05, 0) is 84.1 Å². The Labute approximate surface area is 397 Å². The topological polar surface area (TPSA) is 61.7 Å². The number of aromatic nitrogens is 5. The van der Waals surface area contributed by atoms with Gasteiger partial charge >= 0.3 is 0 Å². The van der Waals surface area contributed by atoms with Gasteiger partial charge in [0.2, 0.25) is 0 Å². The molecule has 1 aliphatic rings. The molecule has 6 heteroatoms. The Bertz CT molecular complexity index is 4030. The summed E-state index contributed by atoms with van der Waals surface area (Å²) >= 11 is 0. The molecule has 4 heterocycles. The van der Waals surface area contributed by atoms with Crippen LogP contribution < -0.4 is 0 Å². The lowest BCUT2D eigenvalue weighted by molar-refractivity contribution is 0.675. The van der Waals surface area contributed by atoms with Gasteiger partial charge in [0, 0.05) is 60.7 Å². The molecule has 9 aromatic carbocycles. The van der Waals surface area contributed by atoms with Crippen molar-refractivity contribution >= 4 is 60.7 Å². The first-order valence-corrected chi connectivity index (χ1v) is 23.6. The molecule has 0 amide bonds. The van der Waals surface area contributed by atoms with E-state index in [1.807, 2.05) is 36.4 Å². The van der Waals surface area contributed by atoms with Crippen LogP contribution in [0.3, 0.4) is 0 Å². The predicted molar refractivity (Wildman–Crippen MR) is 283 cm³/mol. The molecule has 0 radical (unpaired) electrons. The summed E-state index contributed by atoms with van der Waals surface area (Å²) in [5, 5.41) is 5.64. The Morgan fingerprint density at radius 2 is 0.913 bits per heavy atom. The largest absolute Gasteiger partial charge is 0.453 e. The zero-order valence-electron chi connectivity index (χ0n) is 37.4. The van der Waals surface area contributed by atoms with Gasteiger partial charge in [-0.25, -0.2) is 15.0 Å². The highest BCUT2D eigenvalue weighted by atomic mass is 16.3. The quantitative estimate of drug-likeness (QED) is 0.160. The molecule has 6 nitrogen and oxygen atoms in total. The maximum Gasteiger partial charge on any atom is 0.164 e. The SMILES string of the molecule is C1=Cc2c(c3ccc4c5ccc6c(c7ccccc7n6-c6c(-c7ccccc7)cc(-c7nc(-c8ccccc8)nc(-c8ccccc8)n7)cc6-c6ccccc6)c5oc4c3n2-c2ccccc2)CC1. The predicted octanol–water partition coefficient (Wildman–Crippen LogP) is 16.1. The molecule has 0 spiro atoms. The third-order valence-electron chi connectivity index (χ3n) is 13.8. The van der Waals surface area contributed by atoms with Gasteiger partial charge in [-0.2, -0.15) is 0 Å². The molecule has 0 bridgehead atoms. The van der Waals surface area contributed by atoms with Gasteiger partial charge in [-0.3, -0.25) is 0 Å². The van der Waals surface area contributed by atoms with E-state index in [9.17, 15) is 0 Å². The molecule has 0 saturated heterocycles. The number of aryl methyl sites for hydroxylation is 1. The number of hydrogen-bond acceptors (Lipinski definition) is 4. The van der Waals surface area contributed by atoms with E-state index in [4.69, 9.17) is 19.4 Å². The van der Waals surface area contributed by atoms with Crippen LogP contribution in [0.15, 0.2) is 223 Å². The van der Waals surface area contributed by atoms with Crippen molar-refractivity contribution in [3.8, 4) is 67.8 Å². The highest BCUT2D eigenvalue weighted by Crippen LogP contribution is 2.48. The van der Waals surface area contributed by atoms with Crippen molar-refractivity contribution in [3.05, 3.63) is 230 Å². The first-order chi connectivity index (χ1) is 34.2. The molecular weight excluding hydrogens is 843 g/mol. The average molecular weight is 884 g/mol. The van der Waals surface area contributed by atoms with Gasteiger partial charge in [0.05, 0.1) is 27.6 Å². The molecule has 1 aliphatic carbocycles. The number of nitrogens with zero attached hydrogens (tertiary/aromatic N) is 5. The summed E-state index contributed by atoms with van der Waals surface area (Å²) in [7, 11) is 0. The van der Waals surface area contributed by atoms with Crippen molar-refractivity contribution in [1.82, 2.24) is 24.1 Å². The van der Waals surface area contributed by atoms with Crippen LogP contribution in [0.2, 0.25) is 0 Å². The second-order valence-corrected chi connectivity index (χ2v) is 17.8. The zero-order valence-corrected chi connectivity index (χ0v) is 37.4. The Kier molecular flexibility index (Phi) is 8.92. The van der Waals surface area contributed by atoms with Crippen LogP contribution in [0.4, 0.5) is 0 Å². The lowest BCUT2D eigenvalue weighted by Crippen LogP contribution is -2.04. The summed E-state index contributed by atoms with van der Waals surface area (Å²) in [6.45, 7) is 0. The number of allylic oxidation sites excluding steroid dienone is 1. The number of hydrogen-bond donors (Lipinski definition) is 0. The number of rotatable bonds is 7. The maximum absolute atomic E-state index is 7.40. The van der Waals surface area contributed by atoms with Crippen LogP contribution in [-0.2, 0) is 6.42 Å². The highest BCUT2D eigenvalue weighted by molar-refractivity contribution is 6.26. The van der Waals surface area contributed by atoms with E-state index in [0.29, 0.717) is 17.5 Å². The summed E-state index contributed by atoms with van der Waals surface area (Å²) in [6.07, 6.45) is 6.60. The summed E-state index contributed by atoms with van der Waals surface area (Å²) in [4.78, 5) is 15.5. The van der Waals surface area contributed by atoms with Crippen molar-refractivity contribution in [2.45, 2.75) is 12.8 Å². The summed E-state index contributed by atoms with van der Waals surface area (Å²) < 4.78 is 12.3. The fourth-order valence-corrected chi connectivity index (χ4v) is 10.8. The molecule has 0 N–H and O–H groups in total. The third kappa shape index (κ3) is 6.23. The lowest BCUT2D eigenvalue weighted by atomic mass is 9.92. The van der Waals surface area contributed by atoms with Crippen molar-refractivity contribution in [2.75, 3.05) is 0 Å². The molecule has 0 saturated carbocycles. The normalized spacial score (nSPS) is 12.5. The van der Waals surface area contributed by atoms with Crippen molar-refractivity contribution in [2.24, 2.45) is 0 Å². The molecule has 324 valence electrons. The minimum Gasteiger partial charge on any atom is -0.453 e. The van der Waals surface area contributed by atoms with Crippen LogP contribution in [-0.4, -0.2) is 24.1 Å². The monoisotopic (exact) mass is 883 g/mol. The maximum atomic E-state index is 7.40. The average Bonchev–Trinajstić information content (AvgIpc) is 4.09. The van der Waals surface area contributed by atoms with Gasteiger partial charge < -0.3 is 13.6 Å². The minimum absolute atomic E-state index is 0.596. The fraction of sp³-hybridized carbons (Fsp3) is 0.0317. The molecule has 13 aromatic rings. The molecule has 0 aliphatic heterocycles. The highest BCUT2D eigenvalue weighted by Gasteiger charge is 2.27. The smallest absolute Gasteiger partial charge is 0.164 e. The number of furan rings is 1. The molecule has 0 unspecified atom stereocenters. The van der Waals surface area contributed by atoms with Crippen LogP contribution in [0.25, 0.3) is 129 Å². The Morgan fingerprint density at radius 3 is 1.54 bits per heavy atom. The van der Waals surface area contributed by atoms with Gasteiger partial charge in [-0.15, -0.1) is 0 Å². The van der Waals surface area contributed by atoms with E-state index in [0.717, 1.165) is 112 Å². The van der Waals surface area contributed by atoms with E-state index in [2.05, 4.69) is 197 Å². The van der Waals surface area contributed by atoms with E-state index < -0.39 is 0 Å². The summed E-state index contributed by atoms with van der Waals surface area (Å²) in [6, 6.07) is 74.9. The van der Waals surface area contributed by atoms with Crippen molar-refractivity contribution in [3.63, 3.8) is 0 Å². The molecular formula is C63H41N5O. The van der Waals surface area contributed by atoms with Gasteiger partial charge in [0.15, 0.2) is 23.1 Å². The van der Waals surface area contributed by atoms with E-state index in [-0.39, 0.29) is 0 Å². The molecule has 14 rings (SSSR count). The second-order valence-electron chi connectivity index (χ2n) is 17.8. The first kappa shape index (κ1) is 39.1. The molecule has 0 atom stereocenters. The fourth-order valence-electron chi connectivity index (χ4n) is 10.8. The molecule has 69 heavy (non-hydrogen) atoms. The van der Waals surface area contributed by atoms with Crippen molar-refractivity contribution < 1.29 is 4.42 Å². The van der Waals surface area contributed by atoms with Gasteiger partial charge in [-0.1, -0.05) is 170 Å². The lowest BCUT2D eigenvalue weighted by Gasteiger charge is -2.21. The summed E-state index contributed by atoms with van der Waals surface area (Å²) in [5.41, 5.74) is 16.8. The Morgan fingerprint density at radius 1 is 0.406 bits per heavy atom. The Balaban J connectivity index is 1.08. The number of fused-ring (bicyclic) bond motifs is 11. The van der Waals surface area contributed by atoms with Crippen LogP contribution in [0, 0.1) is 0 Å². The molecule has 0 fully saturated rings. The standard InChI is InChI=1S/C63H41N5O/c1-6-20-40(21-7-1)51-38-44(63-65-61(42-24-10-3-11-25-42)64-62(66-63)43-26-12-4-13-27-43)39-52(41-22-8-2-9-23-41)57(51)68-54-33-19-17-31-50(54)56-55(68)37-36-48-49-35-34-47-46-30-16-18-32-53(46)67(45-28-14-5-15-29-45)58(47)60(49)69-59(48)56/h1-15,17-29,31-39H,16,30H2. The summed E-state index contributed by atoms with van der Waals surface area (Å²) in [5.74, 6) is 1.83. The van der Waals surface area contributed by atoms with Crippen molar-refractivity contribution in [1.29, 1.82) is 0 Å². The van der Waals surface area contributed by atoms with E-state index in [1.54, 1.807) is 0 Å². The van der Waals surface area contributed by atoms with Crippen LogP contribution >= 0.6 is 0 Å². The van der Waals surface area contributed by atoms with Gasteiger partial charge in [0.1, 0.15) is 5.58 Å². The van der Waals surface area contributed by atoms with E-state index >= 15 is 0 Å². The number of benzene rings is 9. The third-order valence-corrected chi connectivity index (χ3v) is 13.8. The second kappa shape index (κ2) is 15.8. The first-order valence-electron chi connectivity index (χ1n) is 23.6. The van der Waals surface area contributed by atoms with Crippen LogP contribution in [0.1, 0.15) is 17.7 Å². The zero-order chi connectivity index (χ0) is 45.4. The Hall–Kier alpha value is -9.13. The van der Waals surface area contributed by atoms with Crippen LogP contribution in [0.5, 0.6) is 0 Å². The van der Waals surface area contributed by atoms with Gasteiger partial charge in [0.25, 0.3) is 0 Å². The molecule has 4 aromatic heterocycles.